The maximum Gasteiger partial charge on any atom is 0.134 e. The van der Waals surface area contributed by atoms with E-state index in [1.54, 1.807) is 0 Å². The third-order valence-corrected chi connectivity index (χ3v) is 3.41. The van der Waals surface area contributed by atoms with Crippen molar-refractivity contribution in [1.82, 2.24) is 0 Å². The Morgan fingerprint density at radius 2 is 1.90 bits per heavy atom. The smallest absolute Gasteiger partial charge is 0.134 e. The highest BCUT2D eigenvalue weighted by Gasteiger charge is 2.05. The van der Waals surface area contributed by atoms with E-state index in [9.17, 15) is 0 Å². The van der Waals surface area contributed by atoms with Gasteiger partial charge >= 0.3 is 0 Å². The zero-order valence-electron chi connectivity index (χ0n) is 11.8. The molecule has 0 aliphatic rings. The van der Waals surface area contributed by atoms with Crippen molar-refractivity contribution < 1.29 is 4.42 Å². The summed E-state index contributed by atoms with van der Waals surface area (Å²) >= 11 is 0. The zero-order chi connectivity index (χ0) is 13.9. The Morgan fingerprint density at radius 3 is 2.75 bits per heavy atom. The molecule has 1 aromatic heterocycles. The number of fused-ring (bicyclic) bond motifs is 1. The van der Waals surface area contributed by atoms with Crippen LogP contribution >= 0.6 is 0 Å². The fourth-order valence-electron chi connectivity index (χ4n) is 2.26. The molecule has 1 N–H and O–H groups in total. The SMILES string of the molecule is CN(C)c1cccc(NCc2coc3ccccc23)c1. The first-order valence-corrected chi connectivity index (χ1v) is 6.70. The molecule has 102 valence electrons. The Balaban J connectivity index is 1.78. The number of furan rings is 1. The molecule has 0 aliphatic heterocycles. The van der Waals surface area contributed by atoms with E-state index in [0.717, 1.165) is 17.8 Å². The summed E-state index contributed by atoms with van der Waals surface area (Å²) in [7, 11) is 4.09. The molecule has 0 amide bonds. The molecule has 3 aromatic rings. The number of para-hydroxylation sites is 1. The molecule has 2 aromatic carbocycles. The van der Waals surface area contributed by atoms with E-state index >= 15 is 0 Å². The Morgan fingerprint density at radius 1 is 1.05 bits per heavy atom. The fourth-order valence-corrected chi connectivity index (χ4v) is 2.26. The van der Waals surface area contributed by atoms with E-state index in [0.29, 0.717) is 0 Å². The molecular formula is C17H18N2O. The van der Waals surface area contributed by atoms with Gasteiger partial charge in [0.25, 0.3) is 0 Å². The minimum atomic E-state index is 0.758. The molecule has 0 bridgehead atoms. The van der Waals surface area contributed by atoms with Gasteiger partial charge < -0.3 is 14.6 Å². The van der Waals surface area contributed by atoms with Crippen molar-refractivity contribution in [2.75, 3.05) is 24.3 Å². The third kappa shape index (κ3) is 2.48. The van der Waals surface area contributed by atoms with E-state index in [1.165, 1.54) is 16.6 Å². The topological polar surface area (TPSA) is 28.4 Å². The number of anilines is 2. The van der Waals surface area contributed by atoms with Gasteiger partial charge in [0, 0.05) is 43.0 Å². The predicted molar refractivity (Wildman–Crippen MR) is 84.3 cm³/mol. The fraction of sp³-hybridized carbons (Fsp3) is 0.176. The van der Waals surface area contributed by atoms with Crippen LogP contribution in [0.25, 0.3) is 11.0 Å². The monoisotopic (exact) mass is 266 g/mol. The Bertz CT molecular complexity index is 716. The second kappa shape index (κ2) is 5.29. The van der Waals surface area contributed by atoms with Gasteiger partial charge in [0.15, 0.2) is 0 Å². The molecular weight excluding hydrogens is 248 g/mol. The van der Waals surface area contributed by atoms with Gasteiger partial charge in [-0.2, -0.15) is 0 Å². The summed E-state index contributed by atoms with van der Waals surface area (Å²) in [6.07, 6.45) is 1.83. The van der Waals surface area contributed by atoms with Crippen molar-refractivity contribution in [2.45, 2.75) is 6.54 Å². The summed E-state index contributed by atoms with van der Waals surface area (Å²) in [5, 5.41) is 4.62. The number of rotatable bonds is 4. The van der Waals surface area contributed by atoms with Crippen molar-refractivity contribution in [2.24, 2.45) is 0 Å². The van der Waals surface area contributed by atoms with Crippen molar-refractivity contribution >= 4 is 22.3 Å². The third-order valence-electron chi connectivity index (χ3n) is 3.41. The lowest BCUT2D eigenvalue weighted by Crippen LogP contribution is -2.09. The number of hydrogen-bond acceptors (Lipinski definition) is 3. The average molecular weight is 266 g/mol. The molecule has 0 saturated heterocycles. The summed E-state index contributed by atoms with van der Waals surface area (Å²) in [6, 6.07) is 16.5. The highest BCUT2D eigenvalue weighted by atomic mass is 16.3. The van der Waals surface area contributed by atoms with Gasteiger partial charge in [-0.05, 0) is 24.3 Å². The van der Waals surface area contributed by atoms with Gasteiger partial charge in [0.05, 0.1) is 6.26 Å². The molecule has 20 heavy (non-hydrogen) atoms. The Kier molecular flexibility index (Phi) is 3.33. The van der Waals surface area contributed by atoms with E-state index in [1.807, 2.05) is 38.6 Å². The zero-order valence-corrected chi connectivity index (χ0v) is 11.8. The maximum atomic E-state index is 5.55. The second-order valence-electron chi connectivity index (χ2n) is 5.06. The molecule has 0 atom stereocenters. The molecule has 1 heterocycles. The van der Waals surface area contributed by atoms with Gasteiger partial charge in [-0.25, -0.2) is 0 Å². The van der Waals surface area contributed by atoms with Crippen LogP contribution in [0.15, 0.2) is 59.2 Å². The minimum Gasteiger partial charge on any atom is -0.464 e. The molecule has 0 unspecified atom stereocenters. The highest BCUT2D eigenvalue weighted by Crippen LogP contribution is 2.23. The van der Waals surface area contributed by atoms with E-state index < -0.39 is 0 Å². The first-order valence-electron chi connectivity index (χ1n) is 6.70. The Hall–Kier alpha value is -2.42. The van der Waals surface area contributed by atoms with Gasteiger partial charge in [-0.1, -0.05) is 24.3 Å². The Labute approximate surface area is 118 Å². The van der Waals surface area contributed by atoms with Crippen LogP contribution in [-0.2, 0) is 6.54 Å². The lowest BCUT2D eigenvalue weighted by atomic mass is 10.1. The molecule has 0 spiro atoms. The number of benzene rings is 2. The molecule has 0 aliphatic carbocycles. The predicted octanol–water partition coefficient (Wildman–Crippen LogP) is 4.11. The lowest BCUT2D eigenvalue weighted by molar-refractivity contribution is 0.611. The molecule has 3 rings (SSSR count). The highest BCUT2D eigenvalue weighted by molar-refractivity contribution is 5.81. The standard InChI is InChI=1S/C17H18N2O/c1-19(2)15-7-5-6-14(10-15)18-11-13-12-20-17-9-4-3-8-16(13)17/h3-10,12,18H,11H2,1-2H3. The molecule has 0 radical (unpaired) electrons. The van der Waals surface area contributed by atoms with Crippen LogP contribution in [-0.4, -0.2) is 14.1 Å². The van der Waals surface area contributed by atoms with Crippen LogP contribution in [0.5, 0.6) is 0 Å². The van der Waals surface area contributed by atoms with Crippen molar-refractivity contribution in [3.63, 3.8) is 0 Å². The lowest BCUT2D eigenvalue weighted by Gasteiger charge is -2.14. The van der Waals surface area contributed by atoms with Gasteiger partial charge in [0.1, 0.15) is 5.58 Å². The van der Waals surface area contributed by atoms with Crippen LogP contribution in [0.1, 0.15) is 5.56 Å². The van der Waals surface area contributed by atoms with Crippen LogP contribution < -0.4 is 10.2 Å². The molecule has 3 heteroatoms. The summed E-state index contributed by atoms with van der Waals surface area (Å²) in [6.45, 7) is 0.758. The first kappa shape index (κ1) is 12.6. The van der Waals surface area contributed by atoms with E-state index in [4.69, 9.17) is 4.42 Å². The molecule has 3 nitrogen and oxygen atoms in total. The summed E-state index contributed by atoms with van der Waals surface area (Å²) in [5.41, 5.74) is 4.41. The number of nitrogens with zero attached hydrogens (tertiary/aromatic N) is 1. The van der Waals surface area contributed by atoms with Crippen molar-refractivity contribution in [3.05, 3.63) is 60.4 Å². The van der Waals surface area contributed by atoms with E-state index in [-0.39, 0.29) is 0 Å². The van der Waals surface area contributed by atoms with Gasteiger partial charge in [0.2, 0.25) is 0 Å². The second-order valence-corrected chi connectivity index (χ2v) is 5.06. The normalized spacial score (nSPS) is 10.7. The van der Waals surface area contributed by atoms with Crippen LogP contribution in [0.4, 0.5) is 11.4 Å². The van der Waals surface area contributed by atoms with Gasteiger partial charge in [-0.3, -0.25) is 0 Å². The van der Waals surface area contributed by atoms with Crippen LogP contribution in [0, 0.1) is 0 Å². The van der Waals surface area contributed by atoms with Crippen molar-refractivity contribution in [3.8, 4) is 0 Å². The van der Waals surface area contributed by atoms with Crippen LogP contribution in [0.2, 0.25) is 0 Å². The quantitative estimate of drug-likeness (QED) is 0.770. The summed E-state index contributed by atoms with van der Waals surface area (Å²) < 4.78 is 5.55. The molecule has 0 saturated carbocycles. The number of hydrogen-bond donors (Lipinski definition) is 1. The first-order chi connectivity index (χ1) is 9.74. The summed E-state index contributed by atoms with van der Waals surface area (Å²) in [4.78, 5) is 2.10. The number of nitrogens with one attached hydrogen (secondary N) is 1. The van der Waals surface area contributed by atoms with Crippen LogP contribution in [0.3, 0.4) is 0 Å². The molecule has 0 fully saturated rings. The average Bonchev–Trinajstić information content (AvgIpc) is 2.89. The van der Waals surface area contributed by atoms with Crippen molar-refractivity contribution in [1.29, 1.82) is 0 Å². The van der Waals surface area contributed by atoms with Gasteiger partial charge in [-0.15, -0.1) is 0 Å². The van der Waals surface area contributed by atoms with E-state index in [2.05, 4.69) is 40.5 Å². The minimum absolute atomic E-state index is 0.758. The summed E-state index contributed by atoms with van der Waals surface area (Å²) in [5.74, 6) is 0. The largest absolute Gasteiger partial charge is 0.464 e. The maximum absolute atomic E-state index is 5.55.